The zero-order chi connectivity index (χ0) is 13.8. The second-order valence-corrected chi connectivity index (χ2v) is 4.14. The van der Waals surface area contributed by atoms with Gasteiger partial charge in [0.15, 0.2) is 0 Å². The first kappa shape index (κ1) is 13.1. The Kier molecular flexibility index (Phi) is 3.80. The highest BCUT2D eigenvalue weighted by atomic mass is 19.1. The van der Waals surface area contributed by atoms with E-state index in [2.05, 4.69) is 0 Å². The predicted molar refractivity (Wildman–Crippen MR) is 68.9 cm³/mol. The summed E-state index contributed by atoms with van der Waals surface area (Å²) in [5.41, 5.74) is 1.18. The molecule has 0 aliphatic heterocycles. The first-order chi connectivity index (χ1) is 9.09. The molecule has 0 bridgehead atoms. The Hall–Kier alpha value is -2.36. The van der Waals surface area contributed by atoms with Crippen molar-refractivity contribution in [3.8, 4) is 5.75 Å². The van der Waals surface area contributed by atoms with Crippen molar-refractivity contribution in [2.24, 2.45) is 0 Å². The highest BCUT2D eigenvalue weighted by molar-refractivity contribution is 5.91. The lowest BCUT2D eigenvalue weighted by molar-refractivity contribution is 0.0691. The third-order valence-corrected chi connectivity index (χ3v) is 2.77. The maximum absolute atomic E-state index is 13.5. The molecule has 0 radical (unpaired) electrons. The van der Waals surface area contributed by atoms with Crippen molar-refractivity contribution in [2.45, 2.75) is 13.5 Å². The molecule has 4 heteroatoms. The Morgan fingerprint density at radius 2 is 1.95 bits per heavy atom. The number of hydrogen-bond donors (Lipinski definition) is 1. The maximum Gasteiger partial charge on any atom is 0.339 e. The quantitative estimate of drug-likeness (QED) is 0.916. The van der Waals surface area contributed by atoms with E-state index in [1.165, 1.54) is 12.1 Å². The molecule has 0 heterocycles. The molecular weight excluding hydrogens is 247 g/mol. The topological polar surface area (TPSA) is 46.5 Å². The van der Waals surface area contributed by atoms with Crippen LogP contribution in [0.25, 0.3) is 0 Å². The zero-order valence-corrected chi connectivity index (χ0v) is 10.4. The van der Waals surface area contributed by atoms with Gasteiger partial charge < -0.3 is 9.84 Å². The van der Waals surface area contributed by atoms with Crippen molar-refractivity contribution in [3.63, 3.8) is 0 Å². The van der Waals surface area contributed by atoms with Gasteiger partial charge in [0.25, 0.3) is 0 Å². The highest BCUT2D eigenvalue weighted by Crippen LogP contribution is 2.24. The minimum Gasteiger partial charge on any atom is -0.488 e. The molecule has 2 aromatic rings. The van der Waals surface area contributed by atoms with Crippen molar-refractivity contribution in [1.29, 1.82) is 0 Å². The number of carboxylic acids is 1. The van der Waals surface area contributed by atoms with Gasteiger partial charge in [-0.05, 0) is 24.6 Å². The Bertz CT molecular complexity index is 608. The molecule has 0 amide bonds. The van der Waals surface area contributed by atoms with E-state index in [4.69, 9.17) is 9.84 Å². The number of para-hydroxylation sites is 1. The van der Waals surface area contributed by atoms with Crippen LogP contribution >= 0.6 is 0 Å². The number of aromatic carboxylic acids is 1. The molecule has 0 atom stereocenters. The van der Waals surface area contributed by atoms with Gasteiger partial charge in [-0.15, -0.1) is 0 Å². The molecule has 2 rings (SSSR count). The minimum absolute atomic E-state index is 0.00218. The van der Waals surface area contributed by atoms with Crippen LogP contribution in [0.5, 0.6) is 5.75 Å². The summed E-state index contributed by atoms with van der Waals surface area (Å²) < 4.78 is 18.9. The van der Waals surface area contributed by atoms with Gasteiger partial charge in [-0.2, -0.15) is 0 Å². The van der Waals surface area contributed by atoms with Gasteiger partial charge in [-0.3, -0.25) is 0 Å². The average Bonchev–Trinajstić information content (AvgIpc) is 2.38. The summed E-state index contributed by atoms with van der Waals surface area (Å²) in [7, 11) is 0. The summed E-state index contributed by atoms with van der Waals surface area (Å²) in [6.45, 7) is 1.75. The summed E-state index contributed by atoms with van der Waals surface area (Å²) >= 11 is 0. The highest BCUT2D eigenvalue weighted by Gasteiger charge is 2.13. The first-order valence-corrected chi connectivity index (χ1v) is 5.78. The van der Waals surface area contributed by atoms with Crippen LogP contribution in [0.1, 0.15) is 21.5 Å². The molecule has 0 unspecified atom stereocenters. The summed E-state index contributed by atoms with van der Waals surface area (Å²) in [6, 6.07) is 11.1. The number of hydrogen-bond acceptors (Lipinski definition) is 2. The number of aryl methyl sites for hydroxylation is 1. The lowest BCUT2D eigenvalue weighted by Gasteiger charge is -2.12. The second-order valence-electron chi connectivity index (χ2n) is 4.14. The molecule has 1 N–H and O–H groups in total. The molecule has 3 nitrogen and oxygen atoms in total. The Morgan fingerprint density at radius 1 is 1.21 bits per heavy atom. The maximum atomic E-state index is 13.5. The number of rotatable bonds is 4. The largest absolute Gasteiger partial charge is 0.488 e. The molecule has 98 valence electrons. The number of ether oxygens (including phenoxy) is 1. The molecule has 19 heavy (non-hydrogen) atoms. The fourth-order valence-electron chi connectivity index (χ4n) is 1.78. The first-order valence-electron chi connectivity index (χ1n) is 5.78. The van der Waals surface area contributed by atoms with E-state index in [9.17, 15) is 9.18 Å². The van der Waals surface area contributed by atoms with Crippen LogP contribution in [0, 0.1) is 12.7 Å². The monoisotopic (exact) mass is 260 g/mol. The van der Waals surface area contributed by atoms with Crippen LogP contribution in [-0.4, -0.2) is 11.1 Å². The molecule has 0 saturated carbocycles. The average molecular weight is 260 g/mol. The van der Waals surface area contributed by atoms with Gasteiger partial charge >= 0.3 is 5.97 Å². The van der Waals surface area contributed by atoms with E-state index in [0.29, 0.717) is 11.1 Å². The van der Waals surface area contributed by atoms with Crippen LogP contribution < -0.4 is 4.74 Å². The van der Waals surface area contributed by atoms with Gasteiger partial charge in [0, 0.05) is 5.56 Å². The van der Waals surface area contributed by atoms with E-state index >= 15 is 0 Å². The molecule has 0 fully saturated rings. The summed E-state index contributed by atoms with van der Waals surface area (Å²) in [4.78, 5) is 11.1. The van der Waals surface area contributed by atoms with Crippen molar-refractivity contribution in [3.05, 3.63) is 65.0 Å². The lowest BCUT2D eigenvalue weighted by atomic mass is 10.1. The fraction of sp³-hybridized carbons (Fsp3) is 0.133. The van der Waals surface area contributed by atoms with E-state index in [1.807, 2.05) is 0 Å². The van der Waals surface area contributed by atoms with Crippen molar-refractivity contribution < 1.29 is 19.0 Å². The van der Waals surface area contributed by atoms with Crippen molar-refractivity contribution in [2.75, 3.05) is 0 Å². The normalized spacial score (nSPS) is 10.2. The molecule has 0 spiro atoms. The van der Waals surface area contributed by atoms with Gasteiger partial charge in [0.05, 0.1) is 0 Å². The molecule has 0 aliphatic carbocycles. The third-order valence-electron chi connectivity index (χ3n) is 2.77. The van der Waals surface area contributed by atoms with E-state index < -0.39 is 5.97 Å². The van der Waals surface area contributed by atoms with Crippen LogP contribution in [0.2, 0.25) is 0 Å². The van der Waals surface area contributed by atoms with Crippen molar-refractivity contribution in [1.82, 2.24) is 0 Å². The number of halogens is 1. The lowest BCUT2D eigenvalue weighted by Crippen LogP contribution is -2.05. The Balaban J connectivity index is 2.25. The fourth-order valence-corrected chi connectivity index (χ4v) is 1.78. The Labute approximate surface area is 110 Å². The predicted octanol–water partition coefficient (Wildman–Crippen LogP) is 3.41. The molecule has 0 aromatic heterocycles. The van der Waals surface area contributed by atoms with Crippen LogP contribution in [0.15, 0.2) is 42.5 Å². The van der Waals surface area contributed by atoms with Gasteiger partial charge in [0.1, 0.15) is 23.7 Å². The van der Waals surface area contributed by atoms with E-state index in [1.54, 1.807) is 37.3 Å². The zero-order valence-electron chi connectivity index (χ0n) is 10.4. The molecule has 0 aliphatic rings. The van der Waals surface area contributed by atoms with Crippen LogP contribution in [-0.2, 0) is 6.61 Å². The second kappa shape index (κ2) is 5.52. The Morgan fingerprint density at radius 3 is 2.63 bits per heavy atom. The number of carboxylic acid groups (broad SMARTS) is 1. The summed E-state index contributed by atoms with van der Waals surface area (Å²) in [5, 5.41) is 9.09. The van der Waals surface area contributed by atoms with Gasteiger partial charge in [0.2, 0.25) is 0 Å². The smallest absolute Gasteiger partial charge is 0.339 e. The van der Waals surface area contributed by atoms with Gasteiger partial charge in [-0.1, -0.05) is 30.3 Å². The van der Waals surface area contributed by atoms with Crippen molar-refractivity contribution >= 4 is 5.97 Å². The number of carbonyl (C=O) groups is 1. The third kappa shape index (κ3) is 2.91. The molecule has 2 aromatic carbocycles. The standard InChI is InChI=1S/C15H13FO3/c1-10-5-4-7-12(15(17)18)14(10)19-9-11-6-2-3-8-13(11)16/h2-8H,9H2,1H3,(H,17,18). The van der Waals surface area contributed by atoms with Crippen LogP contribution in [0.4, 0.5) is 4.39 Å². The number of benzene rings is 2. The van der Waals surface area contributed by atoms with E-state index in [0.717, 1.165) is 0 Å². The molecule has 0 saturated heterocycles. The van der Waals surface area contributed by atoms with Crippen LogP contribution in [0.3, 0.4) is 0 Å². The van der Waals surface area contributed by atoms with Gasteiger partial charge in [-0.25, -0.2) is 9.18 Å². The summed E-state index contributed by atoms with van der Waals surface area (Å²) in [6.07, 6.45) is 0. The molecular formula is C15H13FO3. The van der Waals surface area contributed by atoms with E-state index in [-0.39, 0.29) is 23.7 Å². The summed E-state index contributed by atoms with van der Waals surface area (Å²) in [5.74, 6) is -1.15. The SMILES string of the molecule is Cc1cccc(C(=O)O)c1OCc1ccccc1F. The minimum atomic E-state index is -1.06.